The molecule has 1 N–H and O–H groups in total. The molecule has 0 aliphatic rings. The lowest BCUT2D eigenvalue weighted by atomic mass is 10.5. The van der Waals surface area contributed by atoms with E-state index in [1.165, 1.54) is 13.2 Å². The number of aromatic amines is 1. The van der Waals surface area contributed by atoms with E-state index in [4.69, 9.17) is 0 Å². The van der Waals surface area contributed by atoms with Gasteiger partial charge in [-0.1, -0.05) is 0 Å². The first-order valence-corrected chi connectivity index (χ1v) is 2.49. The van der Waals surface area contributed by atoms with Crippen LogP contribution in [0.4, 0.5) is 0 Å². The van der Waals surface area contributed by atoms with Crippen molar-refractivity contribution in [1.82, 2.24) is 5.16 Å². The van der Waals surface area contributed by atoms with Crippen molar-refractivity contribution in [2.24, 2.45) is 0 Å². The maximum atomic E-state index is 10.4. The summed E-state index contributed by atoms with van der Waals surface area (Å²) in [5, 5.41) is 2.14. The minimum Gasteiger partial charge on any atom is -0.381 e. The average molecular weight is 129 g/mol. The summed E-state index contributed by atoms with van der Waals surface area (Å²) in [6.45, 7) is 0.332. The summed E-state index contributed by atoms with van der Waals surface area (Å²) < 4.78 is 9.33. The van der Waals surface area contributed by atoms with Crippen LogP contribution in [0.1, 0.15) is 5.76 Å². The van der Waals surface area contributed by atoms with E-state index < -0.39 is 0 Å². The lowest BCUT2D eigenvalue weighted by molar-refractivity contribution is 0.156. The SMILES string of the molecule is COCc1cc(=O)[nH]o1. The Balaban J connectivity index is 2.73. The van der Waals surface area contributed by atoms with E-state index in [0.717, 1.165) is 0 Å². The minimum absolute atomic E-state index is 0.234. The zero-order valence-electron chi connectivity index (χ0n) is 5.01. The standard InChI is InChI=1S/C5H7NO3/c1-8-3-4-2-5(7)6-9-4/h2H,3H2,1H3,(H,6,7). The number of hydrogen-bond donors (Lipinski definition) is 1. The third-order valence-corrected chi connectivity index (χ3v) is 0.861. The lowest BCUT2D eigenvalue weighted by Gasteiger charge is -1.87. The highest BCUT2D eigenvalue weighted by Gasteiger charge is 1.95. The van der Waals surface area contributed by atoms with Gasteiger partial charge >= 0.3 is 0 Å². The van der Waals surface area contributed by atoms with Crippen LogP contribution in [0, 0.1) is 0 Å². The summed E-state index contributed by atoms with van der Waals surface area (Å²) >= 11 is 0. The molecule has 0 amide bonds. The van der Waals surface area contributed by atoms with Crippen LogP contribution in [0.15, 0.2) is 15.4 Å². The molecule has 0 fully saturated rings. The fourth-order valence-corrected chi connectivity index (χ4v) is 0.534. The number of aromatic nitrogens is 1. The predicted molar refractivity (Wildman–Crippen MR) is 30.0 cm³/mol. The molecule has 1 heterocycles. The third kappa shape index (κ3) is 1.43. The van der Waals surface area contributed by atoms with Crippen LogP contribution >= 0.6 is 0 Å². The molecule has 0 atom stereocenters. The highest BCUT2D eigenvalue weighted by molar-refractivity contribution is 4.90. The van der Waals surface area contributed by atoms with Crippen molar-refractivity contribution in [3.8, 4) is 0 Å². The van der Waals surface area contributed by atoms with Crippen molar-refractivity contribution in [2.45, 2.75) is 6.61 Å². The maximum absolute atomic E-state index is 10.4. The van der Waals surface area contributed by atoms with Crippen molar-refractivity contribution in [3.05, 3.63) is 22.2 Å². The van der Waals surface area contributed by atoms with Crippen LogP contribution in [0.3, 0.4) is 0 Å². The van der Waals surface area contributed by atoms with Crippen molar-refractivity contribution in [3.63, 3.8) is 0 Å². The molecule has 9 heavy (non-hydrogen) atoms. The van der Waals surface area contributed by atoms with Gasteiger partial charge in [0.05, 0.1) is 0 Å². The van der Waals surface area contributed by atoms with Gasteiger partial charge in [-0.15, -0.1) is 0 Å². The van der Waals surface area contributed by atoms with Gasteiger partial charge in [-0.05, 0) is 0 Å². The van der Waals surface area contributed by atoms with Crippen LogP contribution in [-0.4, -0.2) is 12.3 Å². The molecule has 0 saturated carbocycles. The molecule has 0 radical (unpaired) electrons. The number of hydrogen-bond acceptors (Lipinski definition) is 3. The quantitative estimate of drug-likeness (QED) is 0.616. The number of nitrogens with one attached hydrogen (secondary N) is 1. The Morgan fingerprint density at radius 3 is 3.11 bits per heavy atom. The van der Waals surface area contributed by atoms with E-state index in [2.05, 4.69) is 14.4 Å². The van der Waals surface area contributed by atoms with Gasteiger partial charge in [-0.2, -0.15) is 5.16 Å². The van der Waals surface area contributed by atoms with Gasteiger partial charge < -0.3 is 9.26 Å². The highest BCUT2D eigenvalue weighted by Crippen LogP contribution is 1.92. The van der Waals surface area contributed by atoms with Gasteiger partial charge in [-0.3, -0.25) is 4.79 Å². The second kappa shape index (κ2) is 2.50. The van der Waals surface area contributed by atoms with Gasteiger partial charge in [0, 0.05) is 13.2 Å². The Bertz CT molecular complexity index is 224. The van der Waals surface area contributed by atoms with E-state index in [1.54, 1.807) is 0 Å². The number of ether oxygens (including phenoxy) is 1. The van der Waals surface area contributed by atoms with Gasteiger partial charge in [0.2, 0.25) is 0 Å². The fourth-order valence-electron chi connectivity index (χ4n) is 0.534. The molecule has 1 rings (SSSR count). The van der Waals surface area contributed by atoms with Gasteiger partial charge in [0.25, 0.3) is 5.56 Å². The molecule has 0 bridgehead atoms. The number of rotatable bonds is 2. The molecule has 0 unspecified atom stereocenters. The summed E-state index contributed by atoms with van der Waals surface area (Å²) in [7, 11) is 1.53. The molecule has 4 heteroatoms. The van der Waals surface area contributed by atoms with E-state index in [0.29, 0.717) is 12.4 Å². The summed E-state index contributed by atoms with van der Waals surface area (Å²) in [6.07, 6.45) is 0. The second-order valence-corrected chi connectivity index (χ2v) is 1.61. The summed E-state index contributed by atoms with van der Waals surface area (Å²) in [4.78, 5) is 10.4. The topological polar surface area (TPSA) is 55.2 Å². The second-order valence-electron chi connectivity index (χ2n) is 1.61. The van der Waals surface area contributed by atoms with Gasteiger partial charge in [-0.25, -0.2) is 0 Å². The van der Waals surface area contributed by atoms with E-state index in [-0.39, 0.29) is 5.56 Å². The molecule has 0 aromatic carbocycles. The molecule has 1 aromatic rings. The normalized spacial score (nSPS) is 9.89. The predicted octanol–water partition coefficient (Wildman–Crippen LogP) is 0.114. The Morgan fingerprint density at radius 2 is 2.67 bits per heavy atom. The molecular weight excluding hydrogens is 122 g/mol. The minimum atomic E-state index is -0.234. The van der Waals surface area contributed by atoms with Gasteiger partial charge in [0.15, 0.2) is 5.76 Å². The molecular formula is C5H7NO3. The zero-order valence-corrected chi connectivity index (χ0v) is 5.01. The first-order valence-electron chi connectivity index (χ1n) is 2.49. The van der Waals surface area contributed by atoms with Crippen molar-refractivity contribution in [2.75, 3.05) is 7.11 Å². The molecule has 1 aromatic heterocycles. The van der Waals surface area contributed by atoms with Crippen LogP contribution in [0.25, 0.3) is 0 Å². The molecule has 0 spiro atoms. The monoisotopic (exact) mass is 129 g/mol. The fraction of sp³-hybridized carbons (Fsp3) is 0.400. The Labute approximate surface area is 51.4 Å². The van der Waals surface area contributed by atoms with Gasteiger partial charge in [0.1, 0.15) is 6.61 Å². The third-order valence-electron chi connectivity index (χ3n) is 0.861. The number of H-pyrrole nitrogens is 1. The van der Waals surface area contributed by atoms with Crippen LogP contribution in [0.5, 0.6) is 0 Å². The zero-order chi connectivity index (χ0) is 6.69. The Kier molecular flexibility index (Phi) is 1.69. The first kappa shape index (κ1) is 6.10. The molecule has 50 valence electrons. The van der Waals surface area contributed by atoms with E-state index in [9.17, 15) is 4.79 Å². The highest BCUT2D eigenvalue weighted by atomic mass is 16.5. The summed E-state index contributed by atoms with van der Waals surface area (Å²) in [5.41, 5.74) is -0.234. The maximum Gasteiger partial charge on any atom is 0.280 e. The average Bonchev–Trinajstić information content (AvgIpc) is 2.17. The molecule has 0 aliphatic heterocycles. The van der Waals surface area contributed by atoms with Crippen LogP contribution in [0.2, 0.25) is 0 Å². The Morgan fingerprint density at radius 1 is 1.89 bits per heavy atom. The summed E-state index contributed by atoms with van der Waals surface area (Å²) in [6, 6.07) is 1.35. The van der Waals surface area contributed by atoms with E-state index >= 15 is 0 Å². The first-order chi connectivity index (χ1) is 4.33. The van der Waals surface area contributed by atoms with Crippen molar-refractivity contribution in [1.29, 1.82) is 0 Å². The Hall–Kier alpha value is -1.03. The largest absolute Gasteiger partial charge is 0.381 e. The van der Waals surface area contributed by atoms with Crippen LogP contribution < -0.4 is 5.56 Å². The van der Waals surface area contributed by atoms with Crippen molar-refractivity contribution >= 4 is 0 Å². The lowest BCUT2D eigenvalue weighted by Crippen LogP contribution is -1.93. The van der Waals surface area contributed by atoms with Crippen LogP contribution in [-0.2, 0) is 11.3 Å². The van der Waals surface area contributed by atoms with E-state index in [1.807, 2.05) is 0 Å². The molecule has 4 nitrogen and oxygen atoms in total. The molecule has 0 aliphatic carbocycles. The summed E-state index contributed by atoms with van der Waals surface area (Å²) in [5.74, 6) is 0.516. The number of methoxy groups -OCH3 is 1. The van der Waals surface area contributed by atoms with Crippen molar-refractivity contribution < 1.29 is 9.26 Å². The molecule has 0 saturated heterocycles. The smallest absolute Gasteiger partial charge is 0.280 e.